The van der Waals surface area contributed by atoms with Gasteiger partial charge in [-0.15, -0.1) is 0 Å². The van der Waals surface area contributed by atoms with Crippen LogP contribution in [0.15, 0.2) is 81.6 Å². The van der Waals surface area contributed by atoms with Crippen molar-refractivity contribution in [3.8, 4) is 5.75 Å². The Bertz CT molecular complexity index is 1560. The van der Waals surface area contributed by atoms with Gasteiger partial charge in [-0.2, -0.15) is 5.09 Å². The SMILES string of the molecule is C[C@H](NP(=O)(OC[C@@H](OC(CN=[N+]=[N-])n1ccc(=O)[nH]c1=O)[C@H](C)O)Oc1ccc(F)cc1)C(=O)OCc1ccccc1. The van der Waals surface area contributed by atoms with Gasteiger partial charge in [-0.25, -0.2) is 13.8 Å². The fourth-order valence-electron chi connectivity index (χ4n) is 3.49. The molecule has 2 aromatic carbocycles. The van der Waals surface area contributed by atoms with Crippen molar-refractivity contribution in [1.29, 1.82) is 0 Å². The van der Waals surface area contributed by atoms with Crippen molar-refractivity contribution in [2.45, 2.75) is 44.9 Å². The van der Waals surface area contributed by atoms with E-state index in [0.717, 1.165) is 34.5 Å². The number of hydrogen-bond donors (Lipinski definition) is 3. The van der Waals surface area contributed by atoms with E-state index < -0.39 is 68.4 Å². The second-order valence-corrected chi connectivity index (χ2v) is 10.8. The zero-order chi connectivity index (χ0) is 31.4. The molecule has 43 heavy (non-hydrogen) atoms. The van der Waals surface area contributed by atoms with Crippen LogP contribution in [0.4, 0.5) is 4.39 Å². The molecule has 0 aliphatic carbocycles. The van der Waals surface area contributed by atoms with Crippen LogP contribution in [-0.2, 0) is 30.0 Å². The number of carbonyl (C=O) groups excluding carboxylic acids is 1. The summed E-state index contributed by atoms with van der Waals surface area (Å²) in [7, 11) is -4.47. The molecule has 230 valence electrons. The van der Waals surface area contributed by atoms with Gasteiger partial charge in [-0.3, -0.25) is 23.7 Å². The number of aliphatic hydroxyl groups is 1. The average molecular weight is 621 g/mol. The zero-order valence-corrected chi connectivity index (χ0v) is 24.0. The Morgan fingerprint density at radius 3 is 2.49 bits per heavy atom. The molecule has 0 aliphatic rings. The smallest absolute Gasteiger partial charge is 0.459 e. The van der Waals surface area contributed by atoms with Crippen LogP contribution in [0.2, 0.25) is 0 Å². The number of halogens is 1. The predicted octanol–water partition coefficient (Wildman–Crippen LogP) is 3.18. The zero-order valence-electron chi connectivity index (χ0n) is 23.1. The summed E-state index contributed by atoms with van der Waals surface area (Å²) in [6.07, 6.45) is -2.84. The number of benzene rings is 2. The number of rotatable bonds is 16. The van der Waals surface area contributed by atoms with Crippen molar-refractivity contribution in [2.24, 2.45) is 5.11 Å². The van der Waals surface area contributed by atoms with Crippen molar-refractivity contribution < 1.29 is 37.4 Å². The fraction of sp³-hybridized carbons (Fsp3) is 0.346. The predicted molar refractivity (Wildman–Crippen MR) is 150 cm³/mol. The lowest BCUT2D eigenvalue weighted by Gasteiger charge is -2.29. The van der Waals surface area contributed by atoms with Crippen molar-refractivity contribution in [3.05, 3.63) is 110 Å². The van der Waals surface area contributed by atoms with Gasteiger partial charge >= 0.3 is 19.4 Å². The van der Waals surface area contributed by atoms with Crippen molar-refractivity contribution >= 4 is 13.7 Å². The molecule has 1 heterocycles. The third kappa shape index (κ3) is 10.5. The van der Waals surface area contributed by atoms with Gasteiger partial charge in [0.1, 0.15) is 36.5 Å². The van der Waals surface area contributed by atoms with E-state index in [-0.39, 0.29) is 12.4 Å². The number of azide groups is 1. The van der Waals surface area contributed by atoms with Gasteiger partial charge in [-0.05, 0) is 49.2 Å². The highest BCUT2D eigenvalue weighted by atomic mass is 31.2. The fourth-order valence-corrected chi connectivity index (χ4v) is 4.99. The molecule has 5 atom stereocenters. The summed E-state index contributed by atoms with van der Waals surface area (Å²) in [5.41, 5.74) is 7.94. The maximum Gasteiger partial charge on any atom is 0.459 e. The second-order valence-electron chi connectivity index (χ2n) is 9.08. The summed E-state index contributed by atoms with van der Waals surface area (Å²) < 4.78 is 50.3. The Labute approximate surface area is 244 Å². The molecule has 0 bridgehead atoms. The summed E-state index contributed by atoms with van der Waals surface area (Å²) >= 11 is 0. The lowest BCUT2D eigenvalue weighted by molar-refractivity contribution is -0.146. The van der Waals surface area contributed by atoms with Gasteiger partial charge in [-0.1, -0.05) is 35.4 Å². The monoisotopic (exact) mass is 620 g/mol. The van der Waals surface area contributed by atoms with E-state index in [1.54, 1.807) is 30.3 Å². The number of nitrogens with zero attached hydrogens (tertiary/aromatic N) is 4. The third-order valence-corrected chi connectivity index (χ3v) is 7.35. The Balaban J connectivity index is 1.79. The highest BCUT2D eigenvalue weighted by Crippen LogP contribution is 2.45. The van der Waals surface area contributed by atoms with E-state index in [1.165, 1.54) is 26.0 Å². The molecular formula is C26H30FN6O9P. The molecule has 0 spiro atoms. The number of aliphatic hydroxyl groups excluding tert-OH is 1. The van der Waals surface area contributed by atoms with Crippen molar-refractivity contribution in [1.82, 2.24) is 14.6 Å². The summed E-state index contributed by atoms with van der Waals surface area (Å²) in [6.45, 7) is 1.55. The molecule has 3 aromatic rings. The van der Waals surface area contributed by atoms with E-state index in [9.17, 15) is 28.4 Å². The van der Waals surface area contributed by atoms with E-state index >= 15 is 0 Å². The summed E-state index contributed by atoms with van der Waals surface area (Å²) in [5, 5.41) is 16.3. The molecule has 17 heteroatoms. The molecule has 3 rings (SSSR count). The van der Waals surface area contributed by atoms with E-state index in [0.29, 0.717) is 0 Å². The minimum atomic E-state index is -4.47. The average Bonchev–Trinajstić information content (AvgIpc) is 2.97. The van der Waals surface area contributed by atoms with Crippen molar-refractivity contribution in [2.75, 3.05) is 13.2 Å². The van der Waals surface area contributed by atoms with E-state index in [1.807, 2.05) is 4.98 Å². The maximum atomic E-state index is 13.8. The van der Waals surface area contributed by atoms with Gasteiger partial charge in [0.25, 0.3) is 5.56 Å². The van der Waals surface area contributed by atoms with Crippen LogP contribution in [0.1, 0.15) is 25.6 Å². The number of aromatic amines is 1. The van der Waals surface area contributed by atoms with Crippen LogP contribution < -0.4 is 20.9 Å². The minimum absolute atomic E-state index is 0.0513. The molecular weight excluding hydrogens is 590 g/mol. The van der Waals surface area contributed by atoms with Crippen LogP contribution in [0.3, 0.4) is 0 Å². The van der Waals surface area contributed by atoms with Gasteiger partial charge in [0.15, 0.2) is 0 Å². The number of carbonyl (C=O) groups is 1. The first kappa shape index (κ1) is 33.2. The molecule has 0 fully saturated rings. The van der Waals surface area contributed by atoms with Crippen LogP contribution in [-0.4, -0.2) is 52.0 Å². The number of esters is 1. The van der Waals surface area contributed by atoms with Gasteiger partial charge in [0, 0.05) is 17.2 Å². The Hall–Kier alpha value is -4.30. The summed E-state index contributed by atoms with van der Waals surface area (Å²) in [4.78, 5) is 41.2. The molecule has 2 unspecified atom stereocenters. The molecule has 15 nitrogen and oxygen atoms in total. The summed E-state index contributed by atoms with van der Waals surface area (Å²) in [6, 6.07) is 13.2. The van der Waals surface area contributed by atoms with Crippen LogP contribution in [0, 0.1) is 5.82 Å². The van der Waals surface area contributed by atoms with Crippen LogP contribution >= 0.6 is 7.75 Å². The highest BCUT2D eigenvalue weighted by Gasteiger charge is 2.35. The van der Waals surface area contributed by atoms with Crippen LogP contribution in [0.25, 0.3) is 10.4 Å². The number of hydrogen-bond acceptors (Lipinski definition) is 10. The number of nitrogens with one attached hydrogen (secondary N) is 2. The molecule has 0 aliphatic heterocycles. The normalized spacial score (nSPS) is 15.3. The number of ether oxygens (including phenoxy) is 2. The van der Waals surface area contributed by atoms with E-state index in [4.69, 9.17) is 24.1 Å². The molecule has 0 saturated heterocycles. The van der Waals surface area contributed by atoms with Crippen molar-refractivity contribution in [3.63, 3.8) is 0 Å². The molecule has 0 saturated carbocycles. The summed E-state index contributed by atoms with van der Waals surface area (Å²) in [5.74, 6) is -1.44. The first-order chi connectivity index (χ1) is 20.5. The first-order valence-corrected chi connectivity index (χ1v) is 14.4. The lowest BCUT2D eigenvalue weighted by atomic mass is 10.2. The minimum Gasteiger partial charge on any atom is -0.460 e. The Kier molecular flexibility index (Phi) is 12.2. The van der Waals surface area contributed by atoms with Gasteiger partial charge in [0.05, 0.1) is 19.3 Å². The highest BCUT2D eigenvalue weighted by molar-refractivity contribution is 7.52. The Morgan fingerprint density at radius 2 is 1.86 bits per heavy atom. The quantitative estimate of drug-likeness (QED) is 0.0701. The molecule has 0 amide bonds. The standard InChI is InChI=1S/C26H30FN6O9P/c1-17(25(36)39-15-19-6-4-3-5-7-19)31-43(38,42-21-10-8-20(27)9-11-21)40-16-22(18(2)34)41-24(14-29-32-28)33-13-12-23(35)30-26(33)37/h3-13,17-18,22,24,34H,14-16H2,1-2H3,(H,31,38)(H,30,35,37)/t17-,18-,22+,24?,43?/m0/s1. The largest absolute Gasteiger partial charge is 0.460 e. The number of aromatic nitrogens is 2. The first-order valence-electron chi connectivity index (χ1n) is 12.8. The van der Waals surface area contributed by atoms with Gasteiger partial charge in [0.2, 0.25) is 0 Å². The number of H-pyrrole nitrogens is 1. The van der Waals surface area contributed by atoms with Crippen LogP contribution in [0.5, 0.6) is 5.75 Å². The Morgan fingerprint density at radius 1 is 1.16 bits per heavy atom. The topological polar surface area (TPSA) is 207 Å². The molecule has 3 N–H and O–H groups in total. The second kappa shape index (κ2) is 15.8. The molecule has 0 radical (unpaired) electrons. The van der Waals surface area contributed by atoms with E-state index in [2.05, 4.69) is 15.1 Å². The molecule has 1 aromatic heterocycles. The lowest BCUT2D eigenvalue weighted by Crippen LogP contribution is -2.40. The van der Waals surface area contributed by atoms with Gasteiger partial charge < -0.3 is 19.1 Å². The third-order valence-electron chi connectivity index (χ3n) is 5.71. The maximum absolute atomic E-state index is 13.8.